The molecular weight excluding hydrogens is 307 g/mol. The van der Waals surface area contributed by atoms with Crippen LogP contribution in [-0.4, -0.2) is 29.8 Å². The molecule has 0 aliphatic carbocycles. The summed E-state index contributed by atoms with van der Waals surface area (Å²) in [7, 11) is 1.52. The molecule has 2 rings (SSSR count). The standard InChI is InChI=1S/C19H21FN2O2/c1-14(19(24)21-2)22(13-16-10-6-7-11-17(16)20)18(23)12-15-8-4-3-5-9-15/h3-11,14H,12-13H2,1-2H3,(H,21,24). The summed E-state index contributed by atoms with van der Waals surface area (Å²) in [6, 6.07) is 14.9. The van der Waals surface area contributed by atoms with E-state index < -0.39 is 6.04 Å². The molecule has 0 saturated heterocycles. The first-order chi connectivity index (χ1) is 11.5. The second kappa shape index (κ2) is 8.24. The number of likely N-dealkylation sites (N-methyl/N-ethyl adjacent to an activating group) is 1. The van der Waals surface area contributed by atoms with Crippen LogP contribution in [0.3, 0.4) is 0 Å². The fourth-order valence-corrected chi connectivity index (χ4v) is 2.47. The highest BCUT2D eigenvalue weighted by Gasteiger charge is 2.26. The normalized spacial score (nSPS) is 11.6. The van der Waals surface area contributed by atoms with Crippen molar-refractivity contribution >= 4 is 11.8 Å². The molecule has 5 heteroatoms. The van der Waals surface area contributed by atoms with Gasteiger partial charge in [0.1, 0.15) is 11.9 Å². The molecule has 2 amide bonds. The predicted molar refractivity (Wildman–Crippen MR) is 90.6 cm³/mol. The van der Waals surface area contributed by atoms with Gasteiger partial charge in [-0.1, -0.05) is 48.5 Å². The van der Waals surface area contributed by atoms with Gasteiger partial charge in [-0.05, 0) is 18.6 Å². The first-order valence-corrected chi connectivity index (χ1v) is 7.81. The number of hydrogen-bond acceptors (Lipinski definition) is 2. The van der Waals surface area contributed by atoms with Crippen molar-refractivity contribution < 1.29 is 14.0 Å². The minimum atomic E-state index is -0.689. The molecule has 4 nitrogen and oxygen atoms in total. The fraction of sp³-hybridized carbons (Fsp3) is 0.263. The molecule has 2 aromatic carbocycles. The summed E-state index contributed by atoms with van der Waals surface area (Å²) < 4.78 is 13.9. The summed E-state index contributed by atoms with van der Waals surface area (Å²) in [4.78, 5) is 26.1. The largest absolute Gasteiger partial charge is 0.357 e. The van der Waals surface area contributed by atoms with Gasteiger partial charge in [-0.25, -0.2) is 4.39 Å². The van der Waals surface area contributed by atoms with E-state index in [4.69, 9.17) is 0 Å². The lowest BCUT2D eigenvalue weighted by Crippen LogP contribution is -2.47. The molecule has 0 aliphatic rings. The maximum absolute atomic E-state index is 13.9. The van der Waals surface area contributed by atoms with Crippen molar-refractivity contribution in [2.24, 2.45) is 0 Å². The van der Waals surface area contributed by atoms with Gasteiger partial charge in [-0.15, -0.1) is 0 Å². The highest BCUT2D eigenvalue weighted by atomic mass is 19.1. The van der Waals surface area contributed by atoms with Crippen LogP contribution in [0.15, 0.2) is 54.6 Å². The van der Waals surface area contributed by atoms with Gasteiger partial charge in [-0.3, -0.25) is 9.59 Å². The van der Waals surface area contributed by atoms with E-state index >= 15 is 0 Å². The van der Waals surface area contributed by atoms with Crippen LogP contribution in [-0.2, 0) is 22.6 Å². The molecule has 0 bridgehead atoms. The Morgan fingerprint density at radius 1 is 1.08 bits per heavy atom. The molecule has 0 aromatic heterocycles. The Morgan fingerprint density at radius 2 is 1.71 bits per heavy atom. The van der Waals surface area contributed by atoms with Gasteiger partial charge >= 0.3 is 0 Å². The Balaban J connectivity index is 2.23. The minimum absolute atomic E-state index is 0.0485. The predicted octanol–water partition coefficient (Wildman–Crippen LogP) is 2.53. The van der Waals surface area contributed by atoms with E-state index in [1.54, 1.807) is 25.1 Å². The zero-order valence-corrected chi connectivity index (χ0v) is 13.8. The lowest BCUT2D eigenvalue weighted by Gasteiger charge is -2.28. The Kier molecular flexibility index (Phi) is 6.07. The van der Waals surface area contributed by atoms with Crippen molar-refractivity contribution in [1.82, 2.24) is 10.2 Å². The highest BCUT2D eigenvalue weighted by molar-refractivity contribution is 5.88. The van der Waals surface area contributed by atoms with Crippen molar-refractivity contribution in [2.75, 3.05) is 7.05 Å². The molecule has 24 heavy (non-hydrogen) atoms. The van der Waals surface area contributed by atoms with E-state index in [-0.39, 0.29) is 30.6 Å². The van der Waals surface area contributed by atoms with E-state index in [0.717, 1.165) is 5.56 Å². The molecule has 2 aromatic rings. The summed E-state index contributed by atoms with van der Waals surface area (Å²) in [5.74, 6) is -0.896. The van der Waals surface area contributed by atoms with Crippen LogP contribution in [0.25, 0.3) is 0 Å². The molecule has 0 spiro atoms. The molecule has 0 aliphatic heterocycles. The third-order valence-electron chi connectivity index (χ3n) is 3.91. The SMILES string of the molecule is CNC(=O)C(C)N(Cc1ccccc1F)C(=O)Cc1ccccc1. The highest BCUT2D eigenvalue weighted by Crippen LogP contribution is 2.14. The van der Waals surface area contributed by atoms with Crippen molar-refractivity contribution in [3.63, 3.8) is 0 Å². The maximum Gasteiger partial charge on any atom is 0.242 e. The van der Waals surface area contributed by atoms with Crippen LogP contribution >= 0.6 is 0 Å². The van der Waals surface area contributed by atoms with Crippen LogP contribution in [0.2, 0.25) is 0 Å². The second-order valence-electron chi connectivity index (χ2n) is 5.57. The zero-order valence-electron chi connectivity index (χ0n) is 13.8. The number of benzene rings is 2. The average Bonchev–Trinajstić information content (AvgIpc) is 2.60. The summed E-state index contributed by atoms with van der Waals surface area (Å²) >= 11 is 0. The molecular formula is C19H21FN2O2. The smallest absolute Gasteiger partial charge is 0.242 e. The van der Waals surface area contributed by atoms with Crippen LogP contribution in [0.1, 0.15) is 18.1 Å². The zero-order chi connectivity index (χ0) is 17.5. The van der Waals surface area contributed by atoms with Gasteiger partial charge < -0.3 is 10.2 Å². The number of carbonyl (C=O) groups is 2. The van der Waals surface area contributed by atoms with Gasteiger partial charge in [0.25, 0.3) is 0 Å². The van der Waals surface area contributed by atoms with Gasteiger partial charge in [-0.2, -0.15) is 0 Å². The molecule has 0 saturated carbocycles. The van der Waals surface area contributed by atoms with Crippen LogP contribution in [0.4, 0.5) is 4.39 Å². The van der Waals surface area contributed by atoms with E-state index in [2.05, 4.69) is 5.32 Å². The Hall–Kier alpha value is -2.69. The molecule has 0 heterocycles. The number of nitrogens with one attached hydrogen (secondary N) is 1. The summed E-state index contributed by atoms with van der Waals surface area (Å²) in [6.45, 7) is 1.69. The number of nitrogens with zero attached hydrogens (tertiary/aromatic N) is 1. The van der Waals surface area contributed by atoms with Crippen molar-refractivity contribution in [3.8, 4) is 0 Å². The van der Waals surface area contributed by atoms with E-state index in [0.29, 0.717) is 5.56 Å². The second-order valence-corrected chi connectivity index (χ2v) is 5.57. The number of carbonyl (C=O) groups excluding carboxylic acids is 2. The number of hydrogen-bond donors (Lipinski definition) is 1. The van der Waals surface area contributed by atoms with Crippen LogP contribution in [0, 0.1) is 5.82 Å². The van der Waals surface area contributed by atoms with Crippen molar-refractivity contribution in [2.45, 2.75) is 25.9 Å². The van der Waals surface area contributed by atoms with Gasteiger partial charge in [0.15, 0.2) is 0 Å². The van der Waals surface area contributed by atoms with Gasteiger partial charge in [0.2, 0.25) is 11.8 Å². The summed E-state index contributed by atoms with van der Waals surface area (Å²) in [5.41, 5.74) is 1.24. The lowest BCUT2D eigenvalue weighted by molar-refractivity contribution is -0.139. The maximum atomic E-state index is 13.9. The topological polar surface area (TPSA) is 49.4 Å². The Morgan fingerprint density at radius 3 is 2.33 bits per heavy atom. The molecule has 1 atom stereocenters. The summed E-state index contributed by atoms with van der Waals surface area (Å²) in [5, 5.41) is 2.54. The third-order valence-corrected chi connectivity index (χ3v) is 3.91. The first-order valence-electron chi connectivity index (χ1n) is 7.81. The average molecular weight is 328 g/mol. The van der Waals surface area contributed by atoms with Gasteiger partial charge in [0, 0.05) is 19.2 Å². The third kappa shape index (κ3) is 4.41. The minimum Gasteiger partial charge on any atom is -0.357 e. The monoisotopic (exact) mass is 328 g/mol. The lowest BCUT2D eigenvalue weighted by atomic mass is 10.1. The molecule has 1 unspecified atom stereocenters. The van der Waals surface area contributed by atoms with Crippen LogP contribution < -0.4 is 5.32 Å². The fourth-order valence-electron chi connectivity index (χ4n) is 2.47. The molecule has 126 valence electrons. The Labute approximate surface area is 141 Å². The molecule has 0 radical (unpaired) electrons. The van der Waals surface area contributed by atoms with E-state index in [1.807, 2.05) is 30.3 Å². The summed E-state index contributed by atoms with van der Waals surface area (Å²) in [6.07, 6.45) is 0.163. The molecule has 0 fully saturated rings. The van der Waals surface area contributed by atoms with Crippen molar-refractivity contribution in [3.05, 3.63) is 71.5 Å². The number of rotatable bonds is 6. The molecule has 1 N–H and O–H groups in total. The van der Waals surface area contributed by atoms with Gasteiger partial charge in [0.05, 0.1) is 6.42 Å². The van der Waals surface area contributed by atoms with Crippen LogP contribution in [0.5, 0.6) is 0 Å². The first kappa shape index (κ1) is 17.7. The number of halogens is 1. The Bertz CT molecular complexity index is 704. The van der Waals surface area contributed by atoms with E-state index in [9.17, 15) is 14.0 Å². The number of amides is 2. The van der Waals surface area contributed by atoms with E-state index in [1.165, 1.54) is 18.0 Å². The van der Waals surface area contributed by atoms with Crippen molar-refractivity contribution in [1.29, 1.82) is 0 Å². The quantitative estimate of drug-likeness (QED) is 0.886.